The van der Waals surface area contributed by atoms with Gasteiger partial charge in [0.15, 0.2) is 5.65 Å². The Hall–Kier alpha value is -2.69. The third-order valence-corrected chi connectivity index (χ3v) is 7.69. The van der Waals surface area contributed by atoms with Gasteiger partial charge >= 0.3 is 0 Å². The molecule has 4 rings (SSSR count). The quantitative estimate of drug-likeness (QED) is 0.274. The first-order chi connectivity index (χ1) is 18.3. The number of rotatable bonds is 11. The fourth-order valence-corrected chi connectivity index (χ4v) is 5.46. The largest absolute Gasteiger partial charge is 0.384 e. The molecule has 0 unspecified atom stereocenters. The molecule has 10 heteroatoms. The summed E-state index contributed by atoms with van der Waals surface area (Å²) in [6.07, 6.45) is 3.01. The van der Waals surface area contributed by atoms with Crippen molar-refractivity contribution < 1.29 is 13.9 Å². The van der Waals surface area contributed by atoms with Crippen molar-refractivity contribution in [3.05, 3.63) is 47.5 Å². The maximum absolute atomic E-state index is 13.7. The van der Waals surface area contributed by atoms with Crippen LogP contribution in [0, 0.1) is 11.7 Å². The number of fused-ring (bicyclic) bond motifs is 1. The first-order valence-corrected chi connectivity index (χ1v) is 14.3. The first kappa shape index (κ1) is 28.3. The lowest BCUT2D eigenvalue weighted by molar-refractivity contribution is 0.0980. The average molecular weight is 543 g/mol. The molecule has 0 saturated carbocycles. The SMILES string of the molecule is COCC1CCN(c2cc(C(=O)NSCCCN(C)C)nc3c2c(C(C)C)nn3-c2ccc(F)cc2)CC1. The molecule has 1 N–H and O–H groups in total. The Kier molecular flexibility index (Phi) is 9.62. The van der Waals surface area contributed by atoms with Gasteiger partial charge < -0.3 is 14.5 Å². The van der Waals surface area contributed by atoms with Crippen LogP contribution in [0.4, 0.5) is 10.1 Å². The minimum Gasteiger partial charge on any atom is -0.384 e. The van der Waals surface area contributed by atoms with Crippen LogP contribution in [0.1, 0.15) is 55.2 Å². The highest BCUT2D eigenvalue weighted by Gasteiger charge is 2.27. The molecule has 206 valence electrons. The monoisotopic (exact) mass is 542 g/mol. The second kappa shape index (κ2) is 12.9. The second-order valence-corrected chi connectivity index (χ2v) is 11.4. The van der Waals surface area contributed by atoms with Gasteiger partial charge in [-0.25, -0.2) is 14.1 Å². The molecule has 0 spiro atoms. The van der Waals surface area contributed by atoms with Crippen molar-refractivity contribution in [2.75, 3.05) is 58.1 Å². The molecule has 0 atom stereocenters. The Morgan fingerprint density at radius 1 is 1.24 bits per heavy atom. The maximum Gasteiger partial charge on any atom is 0.279 e. The number of methoxy groups -OCH3 is 1. The predicted molar refractivity (Wildman–Crippen MR) is 153 cm³/mol. The Balaban J connectivity index is 1.74. The van der Waals surface area contributed by atoms with Crippen molar-refractivity contribution in [1.29, 1.82) is 0 Å². The molecule has 8 nitrogen and oxygen atoms in total. The van der Waals surface area contributed by atoms with Crippen LogP contribution in [-0.2, 0) is 4.74 Å². The van der Waals surface area contributed by atoms with E-state index in [0.717, 1.165) is 68.0 Å². The van der Waals surface area contributed by atoms with Crippen molar-refractivity contribution in [2.45, 2.75) is 39.0 Å². The van der Waals surface area contributed by atoms with Crippen LogP contribution in [-0.4, -0.2) is 78.8 Å². The van der Waals surface area contributed by atoms with E-state index in [1.54, 1.807) is 23.9 Å². The smallest absolute Gasteiger partial charge is 0.279 e. The number of halogens is 1. The number of carbonyl (C=O) groups excluding carboxylic acids is 1. The van der Waals surface area contributed by atoms with Gasteiger partial charge in [0, 0.05) is 32.6 Å². The van der Waals surface area contributed by atoms with E-state index < -0.39 is 0 Å². The number of piperidine rings is 1. The van der Waals surface area contributed by atoms with Crippen LogP contribution in [0.5, 0.6) is 0 Å². The van der Waals surface area contributed by atoms with Crippen LogP contribution < -0.4 is 9.62 Å². The highest BCUT2D eigenvalue weighted by molar-refractivity contribution is 7.97. The summed E-state index contributed by atoms with van der Waals surface area (Å²) in [5.74, 6) is 0.944. The molecule has 3 aromatic rings. The number of hydrogen-bond acceptors (Lipinski definition) is 7. The van der Waals surface area contributed by atoms with E-state index in [4.69, 9.17) is 14.8 Å². The molecule has 1 amide bonds. The summed E-state index contributed by atoms with van der Waals surface area (Å²) in [6, 6.07) is 8.13. The van der Waals surface area contributed by atoms with Gasteiger partial charge in [0.25, 0.3) is 5.91 Å². The van der Waals surface area contributed by atoms with E-state index in [1.165, 1.54) is 24.1 Å². The number of pyridine rings is 1. The molecule has 1 aliphatic heterocycles. The van der Waals surface area contributed by atoms with Crippen molar-refractivity contribution in [2.24, 2.45) is 5.92 Å². The van der Waals surface area contributed by atoms with E-state index in [-0.39, 0.29) is 17.6 Å². The van der Waals surface area contributed by atoms with Crippen LogP contribution in [0.2, 0.25) is 0 Å². The standard InChI is InChI=1S/C28H39FN6O2S/c1-19(2)26-25-24(34-14-11-20(12-15-34)18-37-5)17-23(28(36)32-38-16-6-13-33(3)4)30-27(25)35(31-26)22-9-7-21(29)8-10-22/h7-10,17,19-20H,6,11-16,18H2,1-5H3,(H,32,36). The number of aromatic nitrogens is 3. The summed E-state index contributed by atoms with van der Waals surface area (Å²) in [7, 11) is 5.83. The van der Waals surface area contributed by atoms with Gasteiger partial charge in [0.2, 0.25) is 0 Å². The summed E-state index contributed by atoms with van der Waals surface area (Å²) < 4.78 is 23.8. The lowest BCUT2D eigenvalue weighted by atomic mass is 9.96. The number of nitrogens with zero attached hydrogens (tertiary/aromatic N) is 5. The molecule has 0 radical (unpaired) electrons. The second-order valence-electron chi connectivity index (χ2n) is 10.5. The van der Waals surface area contributed by atoms with Gasteiger partial charge in [-0.2, -0.15) is 5.10 Å². The molecular weight excluding hydrogens is 503 g/mol. The zero-order valence-electron chi connectivity index (χ0n) is 23.0. The highest BCUT2D eigenvalue weighted by atomic mass is 32.2. The maximum atomic E-state index is 13.7. The van der Waals surface area contributed by atoms with E-state index in [9.17, 15) is 9.18 Å². The van der Waals surface area contributed by atoms with Gasteiger partial charge in [-0.1, -0.05) is 25.8 Å². The molecular formula is C28H39FN6O2S. The number of carbonyl (C=O) groups is 1. The van der Waals surface area contributed by atoms with Crippen LogP contribution in [0.25, 0.3) is 16.7 Å². The zero-order chi connectivity index (χ0) is 27.2. The lowest BCUT2D eigenvalue weighted by Gasteiger charge is -2.34. The molecule has 0 bridgehead atoms. The summed E-state index contributed by atoms with van der Waals surface area (Å²) in [6.45, 7) is 7.68. The summed E-state index contributed by atoms with van der Waals surface area (Å²) in [5, 5.41) is 5.88. The van der Waals surface area contributed by atoms with Gasteiger partial charge in [-0.05, 0) is 82.1 Å². The molecule has 38 heavy (non-hydrogen) atoms. The molecule has 1 aromatic carbocycles. The lowest BCUT2D eigenvalue weighted by Crippen LogP contribution is -2.35. The number of hydrogen-bond donors (Lipinski definition) is 1. The summed E-state index contributed by atoms with van der Waals surface area (Å²) in [5.41, 5.74) is 3.56. The summed E-state index contributed by atoms with van der Waals surface area (Å²) in [4.78, 5) is 22.6. The number of benzene rings is 1. The molecule has 1 aliphatic rings. The van der Waals surface area contributed by atoms with E-state index in [2.05, 4.69) is 28.4 Å². The third kappa shape index (κ3) is 6.65. The van der Waals surface area contributed by atoms with Crippen molar-refractivity contribution in [3.63, 3.8) is 0 Å². The van der Waals surface area contributed by atoms with Crippen molar-refractivity contribution in [1.82, 2.24) is 24.4 Å². The fourth-order valence-electron chi connectivity index (χ4n) is 4.85. The van der Waals surface area contributed by atoms with Crippen molar-refractivity contribution in [3.8, 4) is 5.69 Å². The molecule has 1 fully saturated rings. The van der Waals surface area contributed by atoms with Gasteiger partial charge in [-0.15, -0.1) is 0 Å². The van der Waals surface area contributed by atoms with Gasteiger partial charge in [-0.3, -0.25) is 9.52 Å². The third-order valence-electron chi connectivity index (χ3n) is 6.87. The summed E-state index contributed by atoms with van der Waals surface area (Å²) >= 11 is 1.41. The molecule has 3 heterocycles. The van der Waals surface area contributed by atoms with Crippen LogP contribution in [0.3, 0.4) is 0 Å². The Labute approximate surface area is 229 Å². The molecule has 2 aromatic heterocycles. The van der Waals surface area contributed by atoms with Gasteiger partial charge in [0.1, 0.15) is 11.5 Å². The van der Waals surface area contributed by atoms with E-state index in [0.29, 0.717) is 22.9 Å². The number of ether oxygens (including phenoxy) is 1. The Morgan fingerprint density at radius 2 is 1.95 bits per heavy atom. The Bertz CT molecular complexity index is 1220. The number of nitrogens with one attached hydrogen (secondary N) is 1. The Morgan fingerprint density at radius 3 is 2.58 bits per heavy atom. The zero-order valence-corrected chi connectivity index (χ0v) is 23.9. The average Bonchev–Trinajstić information content (AvgIpc) is 3.29. The minimum atomic E-state index is -0.312. The normalized spacial score (nSPS) is 14.7. The first-order valence-electron chi connectivity index (χ1n) is 13.3. The van der Waals surface area contributed by atoms with Crippen molar-refractivity contribution >= 4 is 34.6 Å². The highest BCUT2D eigenvalue weighted by Crippen LogP contribution is 2.36. The van der Waals surface area contributed by atoms with E-state index >= 15 is 0 Å². The molecule has 0 aliphatic carbocycles. The number of amides is 1. The topological polar surface area (TPSA) is 75.5 Å². The van der Waals surface area contributed by atoms with Crippen LogP contribution >= 0.6 is 11.9 Å². The fraction of sp³-hybridized carbons (Fsp3) is 0.536. The number of anilines is 1. The predicted octanol–water partition coefficient (Wildman–Crippen LogP) is 4.88. The van der Waals surface area contributed by atoms with Gasteiger partial charge in [0.05, 0.1) is 22.5 Å². The van der Waals surface area contributed by atoms with E-state index in [1.807, 2.05) is 20.2 Å². The van der Waals surface area contributed by atoms with Crippen LogP contribution in [0.15, 0.2) is 30.3 Å². The minimum absolute atomic E-state index is 0.137. The molecule has 1 saturated heterocycles.